The molecule has 1 aromatic rings. The minimum absolute atomic E-state index is 0.241. The lowest BCUT2D eigenvalue weighted by Gasteiger charge is -2.14. The van der Waals surface area contributed by atoms with E-state index in [1.165, 1.54) is 12.1 Å². The Morgan fingerprint density at radius 1 is 1.26 bits per heavy atom. The predicted molar refractivity (Wildman–Crippen MR) is 61.9 cm³/mol. The monoisotopic (exact) mass is 278 g/mol. The average Bonchev–Trinajstić information content (AvgIpc) is 2.33. The first-order valence-electron chi connectivity index (χ1n) is 5.60. The lowest BCUT2D eigenvalue weighted by molar-refractivity contribution is -0.137. The normalized spacial score (nSPS) is 13.1. The second-order valence-corrected chi connectivity index (χ2v) is 4.05. The van der Waals surface area contributed by atoms with Crippen molar-refractivity contribution in [3.8, 4) is 0 Å². The molecule has 0 saturated heterocycles. The highest BCUT2D eigenvalue weighted by molar-refractivity contribution is 5.78. The van der Waals surface area contributed by atoms with Crippen molar-refractivity contribution >= 4 is 5.91 Å². The molecule has 2 N–H and O–H groups in total. The molecule has 1 atom stereocenters. The SMILES string of the molecule is C[C@H](NCC(=O)NCC(F)(F)F)c1ccc(F)cc1. The van der Waals surface area contributed by atoms with Crippen molar-refractivity contribution in [2.75, 3.05) is 13.1 Å². The van der Waals surface area contributed by atoms with Gasteiger partial charge in [-0.25, -0.2) is 4.39 Å². The third-order valence-electron chi connectivity index (χ3n) is 2.42. The van der Waals surface area contributed by atoms with E-state index in [0.717, 1.165) is 5.56 Å². The van der Waals surface area contributed by atoms with E-state index >= 15 is 0 Å². The topological polar surface area (TPSA) is 41.1 Å². The third-order valence-corrected chi connectivity index (χ3v) is 2.42. The Bertz CT molecular complexity index is 417. The molecule has 0 aromatic heterocycles. The Morgan fingerprint density at radius 2 is 1.84 bits per heavy atom. The Hall–Kier alpha value is -1.63. The zero-order valence-corrected chi connectivity index (χ0v) is 10.2. The van der Waals surface area contributed by atoms with Gasteiger partial charge in [-0.1, -0.05) is 12.1 Å². The molecule has 0 spiro atoms. The third kappa shape index (κ3) is 6.19. The number of rotatable bonds is 5. The van der Waals surface area contributed by atoms with Crippen LogP contribution in [0.3, 0.4) is 0 Å². The van der Waals surface area contributed by atoms with Gasteiger partial charge in [-0.3, -0.25) is 4.79 Å². The number of carbonyl (C=O) groups excluding carboxylic acids is 1. The fourth-order valence-corrected chi connectivity index (χ4v) is 1.38. The molecule has 3 nitrogen and oxygen atoms in total. The fraction of sp³-hybridized carbons (Fsp3) is 0.417. The van der Waals surface area contributed by atoms with E-state index in [-0.39, 0.29) is 18.4 Å². The molecule has 19 heavy (non-hydrogen) atoms. The fourth-order valence-electron chi connectivity index (χ4n) is 1.38. The number of nitrogens with one attached hydrogen (secondary N) is 2. The molecule has 0 heterocycles. The molecule has 0 fully saturated rings. The molecule has 0 radical (unpaired) electrons. The summed E-state index contributed by atoms with van der Waals surface area (Å²) in [5, 5.41) is 4.50. The van der Waals surface area contributed by atoms with Gasteiger partial charge in [-0.2, -0.15) is 13.2 Å². The molecule has 0 aliphatic rings. The van der Waals surface area contributed by atoms with Crippen LogP contribution in [0.5, 0.6) is 0 Å². The lowest BCUT2D eigenvalue weighted by Crippen LogP contribution is -2.39. The number of carbonyl (C=O) groups is 1. The van der Waals surface area contributed by atoms with Gasteiger partial charge in [-0.05, 0) is 24.6 Å². The van der Waals surface area contributed by atoms with Gasteiger partial charge in [0.25, 0.3) is 0 Å². The zero-order valence-electron chi connectivity index (χ0n) is 10.2. The largest absolute Gasteiger partial charge is 0.405 e. The summed E-state index contributed by atoms with van der Waals surface area (Å²) in [4.78, 5) is 11.1. The summed E-state index contributed by atoms with van der Waals surface area (Å²) in [6.45, 7) is 0.136. The average molecular weight is 278 g/mol. The van der Waals surface area contributed by atoms with Crippen molar-refractivity contribution in [3.05, 3.63) is 35.6 Å². The highest BCUT2D eigenvalue weighted by atomic mass is 19.4. The second-order valence-electron chi connectivity index (χ2n) is 4.05. The summed E-state index contributed by atoms with van der Waals surface area (Å²) in [7, 11) is 0. The van der Waals surface area contributed by atoms with Gasteiger partial charge < -0.3 is 10.6 Å². The number of amides is 1. The molecule has 0 bridgehead atoms. The molecular weight excluding hydrogens is 264 g/mol. The van der Waals surface area contributed by atoms with Crippen LogP contribution in [0.25, 0.3) is 0 Å². The van der Waals surface area contributed by atoms with Crippen LogP contribution in [-0.4, -0.2) is 25.2 Å². The summed E-state index contributed by atoms with van der Waals surface area (Å²) in [5.41, 5.74) is 0.741. The predicted octanol–water partition coefficient (Wildman–Crippen LogP) is 2.15. The molecule has 1 aromatic carbocycles. The van der Waals surface area contributed by atoms with Crippen LogP contribution in [-0.2, 0) is 4.79 Å². The maximum absolute atomic E-state index is 12.7. The van der Waals surface area contributed by atoms with Gasteiger partial charge in [0.15, 0.2) is 0 Å². The number of alkyl halides is 3. The van der Waals surface area contributed by atoms with Gasteiger partial charge >= 0.3 is 6.18 Å². The number of benzene rings is 1. The first-order valence-corrected chi connectivity index (χ1v) is 5.60. The van der Waals surface area contributed by atoms with Gasteiger partial charge in [0, 0.05) is 6.04 Å². The molecule has 0 aliphatic carbocycles. The second kappa shape index (κ2) is 6.51. The summed E-state index contributed by atoms with van der Waals surface area (Å²) < 4.78 is 48.2. The van der Waals surface area contributed by atoms with Crippen LogP contribution in [0.15, 0.2) is 24.3 Å². The number of hydrogen-bond acceptors (Lipinski definition) is 2. The van der Waals surface area contributed by atoms with E-state index in [4.69, 9.17) is 0 Å². The highest BCUT2D eigenvalue weighted by Gasteiger charge is 2.27. The number of halogens is 4. The number of hydrogen-bond donors (Lipinski definition) is 2. The van der Waals surface area contributed by atoms with E-state index < -0.39 is 18.6 Å². The minimum atomic E-state index is -4.42. The Labute approximate surface area is 108 Å². The van der Waals surface area contributed by atoms with E-state index in [1.54, 1.807) is 24.4 Å². The first kappa shape index (κ1) is 15.4. The van der Waals surface area contributed by atoms with Gasteiger partial charge in [0.05, 0.1) is 6.54 Å². The Balaban J connectivity index is 2.35. The molecular formula is C12H14F4N2O. The quantitative estimate of drug-likeness (QED) is 0.810. The molecule has 106 valence electrons. The summed E-state index contributed by atoms with van der Waals surface area (Å²) >= 11 is 0. The van der Waals surface area contributed by atoms with Crippen LogP contribution in [0.4, 0.5) is 17.6 Å². The van der Waals surface area contributed by atoms with Crippen LogP contribution >= 0.6 is 0 Å². The standard InChI is InChI=1S/C12H14F4N2O/c1-8(9-2-4-10(13)5-3-9)17-6-11(19)18-7-12(14,15)16/h2-5,8,17H,6-7H2,1H3,(H,18,19)/t8-/m0/s1. The van der Waals surface area contributed by atoms with Crippen molar-refractivity contribution in [2.24, 2.45) is 0 Å². The van der Waals surface area contributed by atoms with E-state index in [0.29, 0.717) is 0 Å². The molecule has 0 unspecified atom stereocenters. The van der Waals surface area contributed by atoms with Gasteiger partial charge in [0.2, 0.25) is 5.91 Å². The van der Waals surface area contributed by atoms with Crippen molar-refractivity contribution in [1.29, 1.82) is 0 Å². The van der Waals surface area contributed by atoms with E-state index in [1.807, 2.05) is 0 Å². The molecule has 0 aliphatic heterocycles. The van der Waals surface area contributed by atoms with Crippen molar-refractivity contribution in [3.63, 3.8) is 0 Å². The van der Waals surface area contributed by atoms with Crippen LogP contribution < -0.4 is 10.6 Å². The lowest BCUT2D eigenvalue weighted by atomic mass is 10.1. The molecule has 7 heteroatoms. The smallest absolute Gasteiger partial charge is 0.346 e. The van der Waals surface area contributed by atoms with Gasteiger partial charge in [-0.15, -0.1) is 0 Å². The van der Waals surface area contributed by atoms with E-state index in [9.17, 15) is 22.4 Å². The first-order chi connectivity index (χ1) is 8.78. The van der Waals surface area contributed by atoms with Crippen molar-refractivity contribution < 1.29 is 22.4 Å². The molecule has 1 amide bonds. The summed E-state index contributed by atoms with van der Waals surface area (Å²) in [5.74, 6) is -1.12. The van der Waals surface area contributed by atoms with Gasteiger partial charge in [0.1, 0.15) is 12.4 Å². The maximum atomic E-state index is 12.7. The summed E-state index contributed by atoms with van der Waals surface area (Å²) in [6, 6.07) is 5.37. The van der Waals surface area contributed by atoms with Crippen LogP contribution in [0.2, 0.25) is 0 Å². The summed E-state index contributed by atoms with van der Waals surface area (Å²) in [6.07, 6.45) is -4.42. The minimum Gasteiger partial charge on any atom is -0.346 e. The van der Waals surface area contributed by atoms with Crippen LogP contribution in [0.1, 0.15) is 18.5 Å². The Morgan fingerprint density at radius 3 is 2.37 bits per heavy atom. The van der Waals surface area contributed by atoms with Crippen molar-refractivity contribution in [1.82, 2.24) is 10.6 Å². The zero-order chi connectivity index (χ0) is 14.5. The molecule has 0 saturated carbocycles. The maximum Gasteiger partial charge on any atom is 0.405 e. The Kier molecular flexibility index (Phi) is 5.29. The molecule has 1 rings (SSSR count). The van der Waals surface area contributed by atoms with Crippen molar-refractivity contribution in [2.45, 2.75) is 19.1 Å². The van der Waals surface area contributed by atoms with E-state index in [2.05, 4.69) is 5.32 Å². The van der Waals surface area contributed by atoms with Crippen LogP contribution in [0, 0.1) is 5.82 Å². The highest BCUT2D eigenvalue weighted by Crippen LogP contribution is 2.13.